The van der Waals surface area contributed by atoms with Gasteiger partial charge in [0.2, 0.25) is 0 Å². The maximum atomic E-state index is 12.7. The van der Waals surface area contributed by atoms with Gasteiger partial charge in [-0.05, 0) is 43.6 Å². The normalized spacial score (nSPS) is 25.7. The number of rotatable bonds is 4. The Balaban J connectivity index is 1.20. The zero-order valence-corrected chi connectivity index (χ0v) is 15.9. The predicted molar refractivity (Wildman–Crippen MR) is 105 cm³/mol. The third kappa shape index (κ3) is 4.40. The van der Waals surface area contributed by atoms with E-state index in [9.17, 15) is 4.79 Å². The first-order chi connectivity index (χ1) is 12.8. The fraction of sp³-hybridized carbons (Fsp3) is 0.682. The van der Waals surface area contributed by atoms with Gasteiger partial charge in [0.15, 0.2) is 0 Å². The summed E-state index contributed by atoms with van der Waals surface area (Å²) in [4.78, 5) is 17.3. The molecule has 1 saturated carbocycles. The molecule has 1 atom stereocenters. The van der Waals surface area contributed by atoms with Gasteiger partial charge in [0.05, 0.1) is 0 Å². The number of nitrogens with zero attached hydrogens (tertiary/aromatic N) is 2. The summed E-state index contributed by atoms with van der Waals surface area (Å²) in [6, 6.07) is 11.1. The first-order valence-corrected chi connectivity index (χ1v) is 10.6. The lowest BCUT2D eigenvalue weighted by molar-refractivity contribution is 0.163. The van der Waals surface area contributed by atoms with E-state index in [0.29, 0.717) is 12.0 Å². The van der Waals surface area contributed by atoms with Crippen LogP contribution in [0.1, 0.15) is 56.4 Å². The molecule has 0 unspecified atom stereocenters. The fourth-order valence-corrected chi connectivity index (χ4v) is 5.03. The molecule has 4 heteroatoms. The number of nitrogens with one attached hydrogen (secondary N) is 1. The molecule has 2 amide bonds. The van der Waals surface area contributed by atoms with Gasteiger partial charge in [-0.15, -0.1) is 0 Å². The van der Waals surface area contributed by atoms with E-state index in [2.05, 4.69) is 40.5 Å². The summed E-state index contributed by atoms with van der Waals surface area (Å²) in [5.41, 5.74) is 1.36. The van der Waals surface area contributed by atoms with Crippen LogP contribution in [-0.2, 0) is 0 Å². The van der Waals surface area contributed by atoms with Crippen LogP contribution in [0.2, 0.25) is 0 Å². The van der Waals surface area contributed by atoms with Gasteiger partial charge in [0.25, 0.3) is 0 Å². The molecule has 1 aromatic rings. The summed E-state index contributed by atoms with van der Waals surface area (Å²) < 4.78 is 0. The molecule has 4 rings (SSSR count). The van der Waals surface area contributed by atoms with Crippen molar-refractivity contribution in [3.05, 3.63) is 35.9 Å². The molecule has 2 heterocycles. The van der Waals surface area contributed by atoms with E-state index in [1.54, 1.807) is 0 Å². The van der Waals surface area contributed by atoms with E-state index < -0.39 is 0 Å². The summed E-state index contributed by atoms with van der Waals surface area (Å²) in [6.07, 6.45) is 9.00. The lowest BCUT2D eigenvalue weighted by Crippen LogP contribution is -2.49. The molecule has 0 radical (unpaired) electrons. The van der Waals surface area contributed by atoms with Gasteiger partial charge < -0.3 is 15.1 Å². The van der Waals surface area contributed by atoms with E-state index in [0.717, 1.165) is 51.4 Å². The molecule has 1 N–H and O–H groups in total. The Labute approximate surface area is 157 Å². The van der Waals surface area contributed by atoms with E-state index in [-0.39, 0.29) is 6.03 Å². The molecule has 3 aliphatic rings. The van der Waals surface area contributed by atoms with Crippen LogP contribution in [0.15, 0.2) is 30.3 Å². The van der Waals surface area contributed by atoms with Crippen LogP contribution in [0, 0.1) is 5.92 Å². The van der Waals surface area contributed by atoms with E-state index in [1.807, 2.05) is 4.90 Å². The maximum Gasteiger partial charge on any atom is 0.317 e. The molecule has 4 nitrogen and oxygen atoms in total. The van der Waals surface area contributed by atoms with Crippen LogP contribution in [-0.4, -0.2) is 54.6 Å². The van der Waals surface area contributed by atoms with Gasteiger partial charge >= 0.3 is 6.03 Å². The molecule has 0 spiro atoms. The second kappa shape index (κ2) is 8.43. The SMILES string of the molecule is O=C(NC1CCN(CC2CCCC2)CC1)N1CC[C@H](c2ccccc2)C1. The number of carbonyl (C=O) groups excluding carboxylic acids is 1. The minimum absolute atomic E-state index is 0.151. The van der Waals surface area contributed by atoms with Crippen LogP contribution in [0.5, 0.6) is 0 Å². The lowest BCUT2D eigenvalue weighted by atomic mass is 9.99. The molecule has 0 aromatic heterocycles. The number of piperidine rings is 1. The van der Waals surface area contributed by atoms with E-state index in [1.165, 1.54) is 37.8 Å². The van der Waals surface area contributed by atoms with E-state index >= 15 is 0 Å². The molecule has 0 bridgehead atoms. The Morgan fingerprint density at radius 3 is 2.42 bits per heavy atom. The monoisotopic (exact) mass is 355 g/mol. The minimum Gasteiger partial charge on any atom is -0.335 e. The Morgan fingerprint density at radius 1 is 0.962 bits per heavy atom. The second-order valence-electron chi connectivity index (χ2n) is 8.52. The summed E-state index contributed by atoms with van der Waals surface area (Å²) in [5, 5.41) is 3.31. The van der Waals surface area contributed by atoms with Gasteiger partial charge in [0.1, 0.15) is 0 Å². The number of likely N-dealkylation sites (tertiary alicyclic amines) is 2. The molecule has 26 heavy (non-hydrogen) atoms. The summed E-state index contributed by atoms with van der Waals surface area (Å²) in [7, 11) is 0. The van der Waals surface area contributed by atoms with Crippen molar-refractivity contribution in [1.82, 2.24) is 15.1 Å². The highest BCUT2D eigenvalue weighted by atomic mass is 16.2. The molecule has 3 fully saturated rings. The Morgan fingerprint density at radius 2 is 1.69 bits per heavy atom. The minimum atomic E-state index is 0.151. The van der Waals surface area contributed by atoms with Gasteiger partial charge in [-0.3, -0.25) is 0 Å². The van der Waals surface area contributed by atoms with Crippen LogP contribution < -0.4 is 5.32 Å². The molecule has 1 aliphatic carbocycles. The van der Waals surface area contributed by atoms with Gasteiger partial charge in [0, 0.05) is 44.7 Å². The van der Waals surface area contributed by atoms with Crippen molar-refractivity contribution in [3.63, 3.8) is 0 Å². The first kappa shape index (κ1) is 17.8. The number of hydrogen-bond donors (Lipinski definition) is 1. The maximum absolute atomic E-state index is 12.7. The third-order valence-corrected chi connectivity index (χ3v) is 6.65. The van der Waals surface area contributed by atoms with Crippen LogP contribution in [0.3, 0.4) is 0 Å². The largest absolute Gasteiger partial charge is 0.335 e. The van der Waals surface area contributed by atoms with Crippen molar-refractivity contribution in [2.75, 3.05) is 32.7 Å². The number of hydrogen-bond acceptors (Lipinski definition) is 2. The van der Waals surface area contributed by atoms with Gasteiger partial charge in [-0.1, -0.05) is 43.2 Å². The number of benzene rings is 1. The van der Waals surface area contributed by atoms with Crippen molar-refractivity contribution in [2.45, 2.75) is 56.9 Å². The Hall–Kier alpha value is -1.55. The first-order valence-electron chi connectivity index (χ1n) is 10.6. The van der Waals surface area contributed by atoms with Crippen molar-refractivity contribution in [3.8, 4) is 0 Å². The molecule has 2 aliphatic heterocycles. The topological polar surface area (TPSA) is 35.6 Å². The number of amides is 2. The van der Waals surface area contributed by atoms with Crippen molar-refractivity contribution < 1.29 is 4.79 Å². The molecule has 1 aromatic carbocycles. The highest BCUT2D eigenvalue weighted by molar-refractivity contribution is 5.75. The number of carbonyl (C=O) groups is 1. The zero-order chi connectivity index (χ0) is 17.8. The molecular weight excluding hydrogens is 322 g/mol. The molecular formula is C22H33N3O. The van der Waals surface area contributed by atoms with Crippen LogP contribution >= 0.6 is 0 Å². The molecule has 2 saturated heterocycles. The highest BCUT2D eigenvalue weighted by Gasteiger charge is 2.29. The van der Waals surface area contributed by atoms with Crippen LogP contribution in [0.25, 0.3) is 0 Å². The smallest absolute Gasteiger partial charge is 0.317 e. The average molecular weight is 356 g/mol. The fourth-order valence-electron chi connectivity index (χ4n) is 5.03. The van der Waals surface area contributed by atoms with Crippen molar-refractivity contribution in [1.29, 1.82) is 0 Å². The highest BCUT2D eigenvalue weighted by Crippen LogP contribution is 2.28. The number of urea groups is 1. The van der Waals surface area contributed by atoms with E-state index in [4.69, 9.17) is 0 Å². The predicted octanol–water partition coefficient (Wildman–Crippen LogP) is 3.84. The molecule has 142 valence electrons. The lowest BCUT2D eigenvalue weighted by Gasteiger charge is -2.34. The summed E-state index contributed by atoms with van der Waals surface area (Å²) in [6.45, 7) is 5.32. The Bertz CT molecular complexity index is 576. The van der Waals surface area contributed by atoms with Crippen LogP contribution in [0.4, 0.5) is 4.79 Å². The third-order valence-electron chi connectivity index (χ3n) is 6.65. The van der Waals surface area contributed by atoms with Gasteiger partial charge in [-0.2, -0.15) is 0 Å². The Kier molecular flexibility index (Phi) is 5.78. The van der Waals surface area contributed by atoms with Crippen molar-refractivity contribution in [2.24, 2.45) is 5.92 Å². The summed E-state index contributed by atoms with van der Waals surface area (Å²) in [5.74, 6) is 1.43. The second-order valence-corrected chi connectivity index (χ2v) is 8.52. The van der Waals surface area contributed by atoms with Gasteiger partial charge in [-0.25, -0.2) is 4.79 Å². The standard InChI is InChI=1S/C22H33N3O/c26-22(25-15-10-20(17-25)19-8-2-1-3-9-19)23-21-11-13-24(14-12-21)16-18-6-4-5-7-18/h1-3,8-9,18,20-21H,4-7,10-17H2,(H,23,26)/t20-/m0/s1. The average Bonchev–Trinajstić information content (AvgIpc) is 3.36. The quantitative estimate of drug-likeness (QED) is 0.891. The summed E-state index contributed by atoms with van der Waals surface area (Å²) >= 11 is 0. The van der Waals surface area contributed by atoms with Crippen molar-refractivity contribution >= 4 is 6.03 Å². The zero-order valence-electron chi connectivity index (χ0n) is 15.9.